The van der Waals surface area contributed by atoms with Gasteiger partial charge in [-0.15, -0.1) is 0 Å². The standard InChI is InChI=1S/C16H22N2O3/c1-2-15(20)17-13-5-3-4-12(10-13)16(21)18-14(8-9-19)11-6-7-11/h3-5,10-11,14,19H,2,6-9H2,1H3,(H,17,20)(H,18,21). The van der Waals surface area contributed by atoms with Gasteiger partial charge in [0.1, 0.15) is 0 Å². The molecule has 5 heteroatoms. The maximum absolute atomic E-state index is 12.3. The molecule has 0 saturated heterocycles. The van der Waals surface area contributed by atoms with Crippen LogP contribution in [0.1, 0.15) is 43.0 Å². The third-order valence-corrected chi connectivity index (χ3v) is 3.68. The molecule has 0 aliphatic heterocycles. The van der Waals surface area contributed by atoms with Gasteiger partial charge in [0, 0.05) is 30.3 Å². The van der Waals surface area contributed by atoms with Crippen LogP contribution in [0.5, 0.6) is 0 Å². The number of nitrogens with one attached hydrogen (secondary N) is 2. The molecule has 1 unspecified atom stereocenters. The first-order valence-corrected chi connectivity index (χ1v) is 7.45. The van der Waals surface area contributed by atoms with E-state index in [1.807, 2.05) is 0 Å². The Morgan fingerprint density at radius 2 is 2.14 bits per heavy atom. The number of hydrogen-bond acceptors (Lipinski definition) is 3. The van der Waals surface area contributed by atoms with E-state index in [-0.39, 0.29) is 24.5 Å². The molecule has 3 N–H and O–H groups in total. The minimum absolute atomic E-state index is 0.0383. The van der Waals surface area contributed by atoms with Crippen molar-refractivity contribution in [2.75, 3.05) is 11.9 Å². The highest BCUT2D eigenvalue weighted by molar-refractivity contribution is 5.97. The van der Waals surface area contributed by atoms with Crippen molar-refractivity contribution in [2.24, 2.45) is 5.92 Å². The summed E-state index contributed by atoms with van der Waals surface area (Å²) < 4.78 is 0. The fourth-order valence-electron chi connectivity index (χ4n) is 2.30. The van der Waals surface area contributed by atoms with E-state index in [1.165, 1.54) is 0 Å². The maximum atomic E-state index is 12.3. The molecule has 1 aromatic carbocycles. The zero-order valence-corrected chi connectivity index (χ0v) is 12.3. The van der Waals surface area contributed by atoms with Crippen LogP contribution < -0.4 is 10.6 Å². The smallest absolute Gasteiger partial charge is 0.251 e. The van der Waals surface area contributed by atoms with Crippen molar-refractivity contribution >= 4 is 17.5 Å². The van der Waals surface area contributed by atoms with Crippen LogP contribution in [0.2, 0.25) is 0 Å². The van der Waals surface area contributed by atoms with Crippen LogP contribution >= 0.6 is 0 Å². The molecular formula is C16H22N2O3. The fraction of sp³-hybridized carbons (Fsp3) is 0.500. The van der Waals surface area contributed by atoms with Crippen LogP contribution in [-0.4, -0.2) is 29.6 Å². The van der Waals surface area contributed by atoms with Crippen molar-refractivity contribution in [3.8, 4) is 0 Å². The summed E-state index contributed by atoms with van der Waals surface area (Å²) >= 11 is 0. The van der Waals surface area contributed by atoms with E-state index in [2.05, 4.69) is 10.6 Å². The summed E-state index contributed by atoms with van der Waals surface area (Å²) in [6.07, 6.45) is 3.20. The van der Waals surface area contributed by atoms with Crippen molar-refractivity contribution in [1.82, 2.24) is 5.32 Å². The molecule has 0 bridgehead atoms. The van der Waals surface area contributed by atoms with E-state index in [0.29, 0.717) is 30.0 Å². The third kappa shape index (κ3) is 4.56. The number of rotatable bonds is 7. The van der Waals surface area contributed by atoms with Crippen molar-refractivity contribution in [1.29, 1.82) is 0 Å². The van der Waals surface area contributed by atoms with Gasteiger partial charge in [0.2, 0.25) is 5.91 Å². The highest BCUT2D eigenvalue weighted by Crippen LogP contribution is 2.34. The first kappa shape index (κ1) is 15.5. The van der Waals surface area contributed by atoms with Crippen LogP contribution in [0.15, 0.2) is 24.3 Å². The average molecular weight is 290 g/mol. The molecule has 1 atom stereocenters. The average Bonchev–Trinajstić information content (AvgIpc) is 3.31. The van der Waals surface area contributed by atoms with Crippen molar-refractivity contribution in [3.05, 3.63) is 29.8 Å². The minimum atomic E-state index is -0.159. The number of amides is 2. The highest BCUT2D eigenvalue weighted by Gasteiger charge is 2.31. The number of anilines is 1. The third-order valence-electron chi connectivity index (χ3n) is 3.68. The van der Waals surface area contributed by atoms with Crippen LogP contribution in [0.4, 0.5) is 5.69 Å². The Balaban J connectivity index is 2.01. The Labute approximate surface area is 124 Å². The summed E-state index contributed by atoms with van der Waals surface area (Å²) in [4.78, 5) is 23.6. The lowest BCUT2D eigenvalue weighted by Crippen LogP contribution is -2.37. The number of aliphatic hydroxyl groups excluding tert-OH is 1. The van der Waals surface area contributed by atoms with E-state index in [4.69, 9.17) is 5.11 Å². The van der Waals surface area contributed by atoms with Gasteiger partial charge in [0.25, 0.3) is 5.91 Å². The van der Waals surface area contributed by atoms with E-state index in [0.717, 1.165) is 12.8 Å². The normalized spacial score (nSPS) is 15.3. The van der Waals surface area contributed by atoms with Crippen LogP contribution in [-0.2, 0) is 4.79 Å². The maximum Gasteiger partial charge on any atom is 0.251 e. The van der Waals surface area contributed by atoms with Crippen molar-refractivity contribution in [3.63, 3.8) is 0 Å². The molecule has 0 aromatic heterocycles. The van der Waals surface area contributed by atoms with Gasteiger partial charge in [-0.05, 0) is 43.4 Å². The SMILES string of the molecule is CCC(=O)Nc1cccc(C(=O)NC(CCO)C2CC2)c1. The molecule has 5 nitrogen and oxygen atoms in total. The number of benzene rings is 1. The number of carbonyl (C=O) groups excluding carboxylic acids is 2. The second-order valence-electron chi connectivity index (χ2n) is 5.41. The van der Waals surface area contributed by atoms with Gasteiger partial charge in [-0.2, -0.15) is 0 Å². The zero-order chi connectivity index (χ0) is 15.2. The van der Waals surface area contributed by atoms with Crippen molar-refractivity contribution < 1.29 is 14.7 Å². The highest BCUT2D eigenvalue weighted by atomic mass is 16.3. The second kappa shape index (κ2) is 7.22. The molecule has 2 rings (SSSR count). The summed E-state index contributed by atoms with van der Waals surface area (Å²) in [7, 11) is 0. The molecular weight excluding hydrogens is 268 g/mol. The molecule has 1 aromatic rings. The molecule has 0 radical (unpaired) electrons. The first-order chi connectivity index (χ1) is 10.1. The number of aliphatic hydroxyl groups is 1. The molecule has 1 saturated carbocycles. The second-order valence-corrected chi connectivity index (χ2v) is 5.41. The summed E-state index contributed by atoms with van der Waals surface area (Å²) in [5.74, 6) is 0.251. The molecule has 2 amide bonds. The van der Waals surface area contributed by atoms with Gasteiger partial charge in [-0.25, -0.2) is 0 Å². The molecule has 21 heavy (non-hydrogen) atoms. The summed E-state index contributed by atoms with van der Waals surface area (Å²) in [6, 6.07) is 6.94. The minimum Gasteiger partial charge on any atom is -0.396 e. The van der Waals surface area contributed by atoms with Gasteiger partial charge < -0.3 is 15.7 Å². The zero-order valence-electron chi connectivity index (χ0n) is 12.3. The van der Waals surface area contributed by atoms with E-state index < -0.39 is 0 Å². The molecule has 114 valence electrons. The predicted molar refractivity (Wildman–Crippen MR) is 81.0 cm³/mol. The van der Waals surface area contributed by atoms with E-state index in [1.54, 1.807) is 31.2 Å². The van der Waals surface area contributed by atoms with Crippen LogP contribution in [0.25, 0.3) is 0 Å². The van der Waals surface area contributed by atoms with Crippen molar-refractivity contribution in [2.45, 2.75) is 38.6 Å². The van der Waals surface area contributed by atoms with E-state index in [9.17, 15) is 9.59 Å². The molecule has 0 heterocycles. The quantitative estimate of drug-likeness (QED) is 0.718. The Kier molecular flexibility index (Phi) is 5.33. The molecule has 1 fully saturated rings. The molecule has 1 aliphatic carbocycles. The van der Waals surface area contributed by atoms with Crippen LogP contribution in [0, 0.1) is 5.92 Å². The van der Waals surface area contributed by atoms with Gasteiger partial charge >= 0.3 is 0 Å². The van der Waals surface area contributed by atoms with Crippen LogP contribution in [0.3, 0.4) is 0 Å². The largest absolute Gasteiger partial charge is 0.396 e. The van der Waals surface area contributed by atoms with Gasteiger partial charge in [-0.1, -0.05) is 13.0 Å². The number of carbonyl (C=O) groups is 2. The molecule has 0 spiro atoms. The van der Waals surface area contributed by atoms with Gasteiger partial charge in [0.15, 0.2) is 0 Å². The summed E-state index contributed by atoms with van der Waals surface area (Å²) in [5, 5.41) is 14.8. The lowest BCUT2D eigenvalue weighted by molar-refractivity contribution is -0.115. The van der Waals surface area contributed by atoms with Gasteiger partial charge in [-0.3, -0.25) is 9.59 Å². The fourth-order valence-corrected chi connectivity index (χ4v) is 2.30. The lowest BCUT2D eigenvalue weighted by atomic mass is 10.1. The summed E-state index contributed by atoms with van der Waals surface area (Å²) in [5.41, 5.74) is 1.15. The monoisotopic (exact) mass is 290 g/mol. The lowest BCUT2D eigenvalue weighted by Gasteiger charge is -2.17. The molecule has 1 aliphatic rings. The Morgan fingerprint density at radius 1 is 1.38 bits per heavy atom. The van der Waals surface area contributed by atoms with Gasteiger partial charge in [0.05, 0.1) is 0 Å². The Morgan fingerprint density at radius 3 is 2.76 bits per heavy atom. The number of hydrogen-bond donors (Lipinski definition) is 3. The Hall–Kier alpha value is -1.88. The van der Waals surface area contributed by atoms with E-state index >= 15 is 0 Å². The predicted octanol–water partition coefficient (Wildman–Crippen LogP) is 1.93. The topological polar surface area (TPSA) is 78.4 Å². The Bertz CT molecular complexity index is 512. The summed E-state index contributed by atoms with van der Waals surface area (Å²) in [6.45, 7) is 1.86. The first-order valence-electron chi connectivity index (χ1n) is 7.45.